The van der Waals surface area contributed by atoms with Crippen LogP contribution in [0, 0.1) is 0 Å². The zero-order valence-corrected chi connectivity index (χ0v) is 12.7. The average Bonchev–Trinajstić information content (AvgIpc) is 2.51. The fourth-order valence-electron chi connectivity index (χ4n) is 1.99. The van der Waals surface area contributed by atoms with Gasteiger partial charge in [0.25, 0.3) is 0 Å². The lowest BCUT2D eigenvalue weighted by Gasteiger charge is -2.13. The van der Waals surface area contributed by atoms with Crippen LogP contribution in [0.4, 0.5) is 30.6 Å². The molecule has 0 radical (unpaired) electrons. The van der Waals surface area contributed by atoms with E-state index in [-0.39, 0.29) is 17.5 Å². The van der Waals surface area contributed by atoms with Crippen molar-refractivity contribution in [2.75, 3.05) is 17.2 Å². The van der Waals surface area contributed by atoms with Gasteiger partial charge in [-0.2, -0.15) is 23.3 Å². The number of alkyl halides is 3. The van der Waals surface area contributed by atoms with Crippen molar-refractivity contribution in [2.45, 2.75) is 32.4 Å². The monoisotopic (exact) mass is 325 g/mol. The van der Waals surface area contributed by atoms with Gasteiger partial charge in [-0.1, -0.05) is 31.9 Å². The van der Waals surface area contributed by atoms with E-state index in [1.54, 1.807) is 0 Å². The van der Waals surface area contributed by atoms with Gasteiger partial charge in [-0.3, -0.25) is 0 Å². The maximum atomic E-state index is 13.0. The van der Waals surface area contributed by atoms with Crippen molar-refractivity contribution < 1.29 is 13.2 Å². The number of benzene rings is 1. The standard InChI is InChI=1S/C15H18F3N5/c1-2-3-6-9-19-14-22-13(10-20-23-14)21-12-8-5-4-7-11(12)15(16,17)18/h4-5,7-8,10H,2-3,6,9H2,1H3,(H2,19,21,22,23). The molecule has 0 aliphatic heterocycles. The third kappa shape index (κ3) is 5.08. The Morgan fingerprint density at radius 3 is 2.65 bits per heavy atom. The van der Waals surface area contributed by atoms with Crippen LogP contribution in [0.3, 0.4) is 0 Å². The second-order valence-electron chi connectivity index (χ2n) is 4.97. The van der Waals surface area contributed by atoms with Gasteiger partial charge in [-0.05, 0) is 18.6 Å². The lowest BCUT2D eigenvalue weighted by Crippen LogP contribution is -2.10. The molecule has 0 unspecified atom stereocenters. The lowest BCUT2D eigenvalue weighted by molar-refractivity contribution is -0.136. The minimum Gasteiger partial charge on any atom is -0.353 e. The van der Waals surface area contributed by atoms with Crippen LogP contribution < -0.4 is 10.6 Å². The predicted molar refractivity (Wildman–Crippen MR) is 82.6 cm³/mol. The van der Waals surface area contributed by atoms with E-state index < -0.39 is 11.7 Å². The number of nitrogens with one attached hydrogen (secondary N) is 2. The molecule has 1 aromatic carbocycles. The predicted octanol–water partition coefficient (Wildman–Crippen LogP) is 4.24. The number of aromatic nitrogens is 3. The first-order valence-electron chi connectivity index (χ1n) is 7.37. The van der Waals surface area contributed by atoms with Crippen molar-refractivity contribution in [1.82, 2.24) is 15.2 Å². The summed E-state index contributed by atoms with van der Waals surface area (Å²) in [7, 11) is 0. The second kappa shape index (κ2) is 7.75. The van der Waals surface area contributed by atoms with Crippen LogP contribution in [0.2, 0.25) is 0 Å². The third-order valence-electron chi connectivity index (χ3n) is 3.12. The summed E-state index contributed by atoms with van der Waals surface area (Å²) in [5.41, 5.74) is -0.825. The topological polar surface area (TPSA) is 62.7 Å². The van der Waals surface area contributed by atoms with Crippen molar-refractivity contribution in [3.63, 3.8) is 0 Å². The number of rotatable bonds is 7. The van der Waals surface area contributed by atoms with Crippen LogP contribution >= 0.6 is 0 Å². The Morgan fingerprint density at radius 1 is 1.13 bits per heavy atom. The van der Waals surface area contributed by atoms with Gasteiger partial charge in [0.15, 0.2) is 5.82 Å². The smallest absolute Gasteiger partial charge is 0.353 e. The molecule has 0 atom stereocenters. The summed E-state index contributed by atoms with van der Waals surface area (Å²) in [4.78, 5) is 4.13. The fourth-order valence-corrected chi connectivity index (χ4v) is 1.99. The number of para-hydroxylation sites is 1. The van der Waals surface area contributed by atoms with E-state index in [9.17, 15) is 13.2 Å². The van der Waals surface area contributed by atoms with Crippen LogP contribution in [0.1, 0.15) is 31.7 Å². The molecule has 2 aromatic rings. The molecule has 2 rings (SSSR count). The summed E-state index contributed by atoms with van der Waals surface area (Å²) >= 11 is 0. The minimum atomic E-state index is -4.44. The van der Waals surface area contributed by atoms with Gasteiger partial charge in [0, 0.05) is 6.54 Å². The molecule has 23 heavy (non-hydrogen) atoms. The Labute approximate surface area is 132 Å². The Kier molecular flexibility index (Phi) is 5.72. The fraction of sp³-hybridized carbons (Fsp3) is 0.400. The normalized spacial score (nSPS) is 11.3. The van der Waals surface area contributed by atoms with Gasteiger partial charge in [0.1, 0.15) is 0 Å². The molecule has 0 spiro atoms. The van der Waals surface area contributed by atoms with E-state index in [1.165, 1.54) is 24.4 Å². The molecule has 0 bridgehead atoms. The highest BCUT2D eigenvalue weighted by Crippen LogP contribution is 2.35. The largest absolute Gasteiger partial charge is 0.418 e. The quantitative estimate of drug-likeness (QED) is 0.746. The maximum Gasteiger partial charge on any atom is 0.418 e. The number of halogens is 3. The highest BCUT2D eigenvalue weighted by atomic mass is 19.4. The Hall–Kier alpha value is -2.38. The number of anilines is 3. The first kappa shape index (κ1) is 17.0. The van der Waals surface area contributed by atoms with Crippen LogP contribution in [0.15, 0.2) is 30.5 Å². The van der Waals surface area contributed by atoms with Gasteiger partial charge in [-0.25, -0.2) is 0 Å². The summed E-state index contributed by atoms with van der Waals surface area (Å²) in [5, 5.41) is 13.2. The molecule has 2 N–H and O–H groups in total. The molecule has 1 heterocycles. The van der Waals surface area contributed by atoms with Gasteiger partial charge in [0.05, 0.1) is 17.4 Å². The van der Waals surface area contributed by atoms with Gasteiger partial charge < -0.3 is 10.6 Å². The van der Waals surface area contributed by atoms with Crippen LogP contribution in [-0.2, 0) is 6.18 Å². The SMILES string of the molecule is CCCCCNc1nncc(Nc2ccccc2C(F)(F)F)n1. The molecule has 124 valence electrons. The Bertz CT molecular complexity index is 631. The number of nitrogens with zero attached hydrogens (tertiary/aromatic N) is 3. The summed E-state index contributed by atoms with van der Waals surface area (Å²) < 4.78 is 38.9. The first-order chi connectivity index (χ1) is 11.0. The molecule has 0 aliphatic rings. The van der Waals surface area contributed by atoms with Crippen molar-refractivity contribution in [1.29, 1.82) is 0 Å². The first-order valence-corrected chi connectivity index (χ1v) is 7.37. The van der Waals surface area contributed by atoms with E-state index in [0.717, 1.165) is 25.3 Å². The Morgan fingerprint density at radius 2 is 1.91 bits per heavy atom. The van der Waals surface area contributed by atoms with Crippen molar-refractivity contribution in [2.24, 2.45) is 0 Å². The zero-order valence-electron chi connectivity index (χ0n) is 12.7. The molecule has 0 fully saturated rings. The highest BCUT2D eigenvalue weighted by Gasteiger charge is 2.33. The zero-order chi connectivity index (χ0) is 16.7. The molecule has 0 aliphatic carbocycles. The van der Waals surface area contributed by atoms with Crippen molar-refractivity contribution >= 4 is 17.5 Å². The number of unbranched alkanes of at least 4 members (excludes halogenated alkanes) is 2. The molecule has 8 heteroatoms. The summed E-state index contributed by atoms with van der Waals surface area (Å²) in [6.45, 7) is 2.79. The molecule has 0 saturated heterocycles. The van der Waals surface area contributed by atoms with Crippen LogP contribution in [0.25, 0.3) is 0 Å². The number of hydrogen-bond donors (Lipinski definition) is 2. The van der Waals surface area contributed by atoms with E-state index >= 15 is 0 Å². The number of hydrogen-bond acceptors (Lipinski definition) is 5. The summed E-state index contributed by atoms with van der Waals surface area (Å²) in [6, 6.07) is 5.23. The van der Waals surface area contributed by atoms with Crippen molar-refractivity contribution in [3.8, 4) is 0 Å². The van der Waals surface area contributed by atoms with Gasteiger partial charge in [0.2, 0.25) is 5.95 Å². The minimum absolute atomic E-state index is 0.0718. The van der Waals surface area contributed by atoms with E-state index in [4.69, 9.17) is 0 Å². The van der Waals surface area contributed by atoms with Gasteiger partial charge >= 0.3 is 6.18 Å². The summed E-state index contributed by atoms with van der Waals surface area (Å²) in [5.74, 6) is 0.491. The maximum absolute atomic E-state index is 13.0. The molecular formula is C15H18F3N5. The van der Waals surface area contributed by atoms with Crippen LogP contribution in [0.5, 0.6) is 0 Å². The third-order valence-corrected chi connectivity index (χ3v) is 3.12. The lowest BCUT2D eigenvalue weighted by atomic mass is 10.1. The van der Waals surface area contributed by atoms with Crippen molar-refractivity contribution in [3.05, 3.63) is 36.0 Å². The summed E-state index contributed by atoms with van der Waals surface area (Å²) in [6.07, 6.45) is -0.0159. The molecule has 1 aromatic heterocycles. The Balaban J connectivity index is 2.09. The average molecular weight is 325 g/mol. The molecular weight excluding hydrogens is 307 g/mol. The highest BCUT2D eigenvalue weighted by molar-refractivity contribution is 5.61. The van der Waals surface area contributed by atoms with E-state index in [2.05, 4.69) is 32.7 Å². The molecule has 0 saturated carbocycles. The second-order valence-corrected chi connectivity index (χ2v) is 4.97. The van der Waals surface area contributed by atoms with E-state index in [0.29, 0.717) is 6.54 Å². The van der Waals surface area contributed by atoms with Crippen LogP contribution in [-0.4, -0.2) is 21.7 Å². The van der Waals surface area contributed by atoms with Gasteiger partial charge in [-0.15, -0.1) is 5.10 Å². The molecule has 5 nitrogen and oxygen atoms in total. The molecule has 0 amide bonds. The van der Waals surface area contributed by atoms with E-state index in [1.807, 2.05) is 0 Å².